The second kappa shape index (κ2) is 9.38. The first-order valence-electron chi connectivity index (χ1n) is 9.90. The summed E-state index contributed by atoms with van der Waals surface area (Å²) in [7, 11) is 3.07. The van der Waals surface area contributed by atoms with Crippen molar-refractivity contribution in [2.45, 2.75) is 19.4 Å². The Hall–Kier alpha value is -4.08. The van der Waals surface area contributed by atoms with Crippen LogP contribution in [0.4, 0.5) is 0 Å². The molecule has 0 aliphatic carbocycles. The number of H-pyrrole nitrogens is 1. The van der Waals surface area contributed by atoms with E-state index in [0.717, 1.165) is 5.56 Å². The average Bonchev–Trinajstić information content (AvgIpc) is 3.29. The Balaban J connectivity index is 1.36. The number of rotatable bonds is 8. The van der Waals surface area contributed by atoms with Gasteiger partial charge >= 0.3 is 0 Å². The first kappa shape index (κ1) is 21.2. The molecule has 32 heavy (non-hydrogen) atoms. The number of ether oxygens (including phenoxy) is 4. The standard InChI is InChI=1S/C22H22N4O6/c1-29-15-8-14(9-16(10-15)30-2)21-24-22(28)17(25-26-21)4-6-20(27)23-11-13-3-5-18-19(7-13)32-12-31-18/h3,5,7-10H,4,6,11-12H2,1-2H3,(H,23,27)(H,24,26,28). The van der Waals surface area contributed by atoms with Crippen molar-refractivity contribution in [2.75, 3.05) is 21.0 Å². The van der Waals surface area contributed by atoms with Crippen LogP contribution in [0.15, 0.2) is 41.2 Å². The van der Waals surface area contributed by atoms with Gasteiger partial charge in [0.1, 0.15) is 17.2 Å². The predicted octanol–water partition coefficient (Wildman–Crippen LogP) is 1.83. The number of hydrogen-bond acceptors (Lipinski definition) is 8. The minimum atomic E-state index is -0.402. The lowest BCUT2D eigenvalue weighted by Crippen LogP contribution is -2.25. The molecule has 1 aliphatic rings. The van der Waals surface area contributed by atoms with Crippen LogP contribution in [-0.4, -0.2) is 42.1 Å². The van der Waals surface area contributed by atoms with Crippen LogP contribution in [0.5, 0.6) is 23.0 Å². The number of aromatic amines is 1. The summed E-state index contributed by atoms with van der Waals surface area (Å²) in [6.45, 7) is 0.541. The monoisotopic (exact) mass is 438 g/mol. The Morgan fingerprint density at radius 3 is 2.53 bits per heavy atom. The Kier molecular flexibility index (Phi) is 6.20. The quantitative estimate of drug-likeness (QED) is 0.546. The van der Waals surface area contributed by atoms with Gasteiger partial charge in [0.05, 0.1) is 14.2 Å². The third-order valence-electron chi connectivity index (χ3n) is 4.91. The highest BCUT2D eigenvalue weighted by molar-refractivity contribution is 5.76. The second-order valence-electron chi connectivity index (χ2n) is 7.02. The van der Waals surface area contributed by atoms with Crippen LogP contribution < -0.4 is 29.8 Å². The number of fused-ring (bicyclic) bond motifs is 1. The molecule has 0 saturated heterocycles. The number of methoxy groups -OCH3 is 2. The molecule has 3 aromatic rings. The lowest BCUT2D eigenvalue weighted by atomic mass is 10.2. The topological polar surface area (TPSA) is 125 Å². The van der Waals surface area contributed by atoms with E-state index in [1.807, 2.05) is 12.1 Å². The molecule has 0 radical (unpaired) electrons. The van der Waals surface area contributed by atoms with Crippen LogP contribution in [0.25, 0.3) is 11.4 Å². The third-order valence-corrected chi connectivity index (χ3v) is 4.91. The number of carbonyl (C=O) groups is 1. The fraction of sp³-hybridized carbons (Fsp3) is 0.273. The third kappa shape index (κ3) is 4.80. The van der Waals surface area contributed by atoms with E-state index in [-0.39, 0.29) is 37.1 Å². The van der Waals surface area contributed by atoms with Crippen molar-refractivity contribution in [3.63, 3.8) is 0 Å². The van der Waals surface area contributed by atoms with E-state index in [0.29, 0.717) is 35.1 Å². The number of aryl methyl sites for hydroxylation is 1. The molecule has 2 aromatic carbocycles. The maximum Gasteiger partial charge on any atom is 0.273 e. The molecule has 4 rings (SSSR count). The van der Waals surface area contributed by atoms with Gasteiger partial charge in [0.25, 0.3) is 5.56 Å². The van der Waals surface area contributed by atoms with Gasteiger partial charge in [-0.1, -0.05) is 6.07 Å². The van der Waals surface area contributed by atoms with Gasteiger partial charge in [0, 0.05) is 31.0 Å². The Bertz CT molecular complexity index is 1170. The fourth-order valence-electron chi connectivity index (χ4n) is 3.17. The summed E-state index contributed by atoms with van der Waals surface area (Å²) in [4.78, 5) is 27.4. The Morgan fingerprint density at radius 1 is 1.06 bits per heavy atom. The zero-order chi connectivity index (χ0) is 22.5. The molecule has 0 bridgehead atoms. The molecule has 10 nitrogen and oxygen atoms in total. The highest BCUT2D eigenvalue weighted by Crippen LogP contribution is 2.32. The molecule has 1 aromatic heterocycles. The van der Waals surface area contributed by atoms with Gasteiger partial charge in [-0.2, -0.15) is 0 Å². The minimum absolute atomic E-state index is 0.106. The molecular formula is C22H22N4O6. The zero-order valence-corrected chi connectivity index (χ0v) is 17.6. The Morgan fingerprint density at radius 2 is 1.81 bits per heavy atom. The Labute approximate surface area is 183 Å². The van der Waals surface area contributed by atoms with Gasteiger partial charge in [-0.25, -0.2) is 0 Å². The summed E-state index contributed by atoms with van der Waals surface area (Å²) in [5, 5.41) is 10.9. The molecular weight excluding hydrogens is 416 g/mol. The summed E-state index contributed by atoms with van der Waals surface area (Å²) in [6, 6.07) is 10.6. The molecule has 0 fully saturated rings. The van der Waals surface area contributed by atoms with Gasteiger partial charge in [0.15, 0.2) is 17.3 Å². The minimum Gasteiger partial charge on any atom is -0.497 e. The van der Waals surface area contributed by atoms with E-state index in [1.165, 1.54) is 14.2 Å². The van der Waals surface area contributed by atoms with Gasteiger partial charge < -0.3 is 29.2 Å². The maximum atomic E-state index is 12.4. The molecule has 10 heteroatoms. The highest BCUT2D eigenvalue weighted by Gasteiger charge is 2.14. The first-order valence-corrected chi connectivity index (χ1v) is 9.90. The molecule has 2 heterocycles. The van der Waals surface area contributed by atoms with Crippen LogP contribution in [0.1, 0.15) is 17.7 Å². The van der Waals surface area contributed by atoms with Crippen molar-refractivity contribution >= 4 is 5.91 Å². The van der Waals surface area contributed by atoms with Crippen LogP contribution in [0, 0.1) is 0 Å². The van der Waals surface area contributed by atoms with Crippen LogP contribution in [0.3, 0.4) is 0 Å². The van der Waals surface area contributed by atoms with Gasteiger partial charge in [-0.3, -0.25) is 9.59 Å². The van der Waals surface area contributed by atoms with E-state index in [9.17, 15) is 9.59 Å². The number of nitrogens with zero attached hydrogens (tertiary/aromatic N) is 2. The van der Waals surface area contributed by atoms with Crippen molar-refractivity contribution < 1.29 is 23.7 Å². The molecule has 1 amide bonds. The van der Waals surface area contributed by atoms with Crippen molar-refractivity contribution in [3.05, 3.63) is 58.0 Å². The maximum absolute atomic E-state index is 12.4. The van der Waals surface area contributed by atoms with Crippen molar-refractivity contribution in [1.82, 2.24) is 20.5 Å². The molecule has 166 valence electrons. The van der Waals surface area contributed by atoms with E-state index < -0.39 is 5.56 Å². The van der Waals surface area contributed by atoms with E-state index in [2.05, 4.69) is 20.5 Å². The van der Waals surface area contributed by atoms with Gasteiger partial charge in [-0.15, -0.1) is 10.2 Å². The summed E-state index contributed by atoms with van der Waals surface area (Å²) in [5.74, 6) is 2.55. The van der Waals surface area contributed by atoms with E-state index >= 15 is 0 Å². The van der Waals surface area contributed by atoms with E-state index in [4.69, 9.17) is 18.9 Å². The predicted molar refractivity (Wildman–Crippen MR) is 114 cm³/mol. The summed E-state index contributed by atoms with van der Waals surface area (Å²) < 4.78 is 21.1. The molecule has 0 atom stereocenters. The number of aromatic nitrogens is 3. The number of amides is 1. The van der Waals surface area contributed by atoms with Gasteiger partial charge in [0.2, 0.25) is 12.7 Å². The van der Waals surface area contributed by atoms with Crippen LogP contribution in [0.2, 0.25) is 0 Å². The summed E-state index contributed by atoms with van der Waals surface area (Å²) >= 11 is 0. The SMILES string of the molecule is COc1cc(OC)cc(-c2nnc(CCC(=O)NCc3ccc4c(c3)OCO4)c(=O)[nH]2)c1. The average molecular weight is 438 g/mol. The van der Waals surface area contributed by atoms with Crippen molar-refractivity contribution in [2.24, 2.45) is 0 Å². The summed E-state index contributed by atoms with van der Waals surface area (Å²) in [5.41, 5.74) is 1.26. The first-order chi connectivity index (χ1) is 15.6. The zero-order valence-electron chi connectivity index (χ0n) is 17.6. The number of benzene rings is 2. The van der Waals surface area contributed by atoms with E-state index in [1.54, 1.807) is 24.3 Å². The number of carbonyl (C=O) groups excluding carboxylic acids is 1. The lowest BCUT2D eigenvalue weighted by Gasteiger charge is -2.08. The van der Waals surface area contributed by atoms with Crippen LogP contribution >= 0.6 is 0 Å². The molecule has 2 N–H and O–H groups in total. The van der Waals surface area contributed by atoms with Crippen LogP contribution in [-0.2, 0) is 17.8 Å². The van der Waals surface area contributed by atoms with Crippen molar-refractivity contribution in [3.8, 4) is 34.4 Å². The largest absolute Gasteiger partial charge is 0.497 e. The normalized spacial score (nSPS) is 11.8. The smallest absolute Gasteiger partial charge is 0.273 e. The summed E-state index contributed by atoms with van der Waals surface area (Å²) in [6.07, 6.45) is 0.270. The second-order valence-corrected chi connectivity index (χ2v) is 7.02. The van der Waals surface area contributed by atoms with Crippen molar-refractivity contribution in [1.29, 1.82) is 0 Å². The highest BCUT2D eigenvalue weighted by atomic mass is 16.7. The van der Waals surface area contributed by atoms with Gasteiger partial charge in [-0.05, 0) is 29.8 Å². The fourth-order valence-corrected chi connectivity index (χ4v) is 3.17. The molecule has 0 unspecified atom stereocenters. The molecule has 1 aliphatic heterocycles. The molecule has 0 spiro atoms. The lowest BCUT2D eigenvalue weighted by molar-refractivity contribution is -0.121. The number of nitrogens with one attached hydrogen (secondary N) is 2. The number of hydrogen-bond donors (Lipinski definition) is 2. The molecule has 0 saturated carbocycles.